The second kappa shape index (κ2) is 7.47. The predicted octanol–water partition coefficient (Wildman–Crippen LogP) is -0.269. The van der Waals surface area contributed by atoms with Gasteiger partial charge in [0.25, 0.3) is 0 Å². The molecule has 1 aromatic rings. The van der Waals surface area contributed by atoms with Crippen LogP contribution in [0.15, 0.2) is 6.20 Å². The summed E-state index contributed by atoms with van der Waals surface area (Å²) in [6.07, 6.45) is 1.86. The van der Waals surface area contributed by atoms with Gasteiger partial charge in [-0.25, -0.2) is 4.68 Å². The first kappa shape index (κ1) is 15.1. The monoisotopic (exact) mass is 269 g/mol. The van der Waals surface area contributed by atoms with Crippen molar-refractivity contribution in [1.29, 1.82) is 0 Å². The summed E-state index contributed by atoms with van der Waals surface area (Å²) in [5, 5.41) is 10.1. The van der Waals surface area contributed by atoms with Crippen molar-refractivity contribution in [1.82, 2.24) is 19.9 Å². The molecule has 8 nitrogen and oxygen atoms in total. The van der Waals surface area contributed by atoms with E-state index in [4.69, 9.17) is 4.74 Å². The second-order valence-corrected chi connectivity index (χ2v) is 4.21. The molecule has 1 N–H and O–H groups in total. The van der Waals surface area contributed by atoms with Crippen LogP contribution in [0.5, 0.6) is 0 Å². The third-order valence-electron chi connectivity index (χ3n) is 2.19. The summed E-state index contributed by atoms with van der Waals surface area (Å²) in [6, 6.07) is 0. The molecule has 1 rings (SSSR count). The van der Waals surface area contributed by atoms with Crippen LogP contribution in [0.1, 0.15) is 13.3 Å². The van der Waals surface area contributed by atoms with Crippen molar-refractivity contribution in [3.8, 4) is 0 Å². The largest absolute Gasteiger partial charge is 0.465 e. The Kier molecular flexibility index (Phi) is 5.94. The van der Waals surface area contributed by atoms with E-state index in [1.165, 1.54) is 10.9 Å². The van der Waals surface area contributed by atoms with Crippen molar-refractivity contribution in [3.63, 3.8) is 0 Å². The molecule has 0 fully saturated rings. The van der Waals surface area contributed by atoms with Crippen LogP contribution in [-0.4, -0.2) is 59.0 Å². The van der Waals surface area contributed by atoms with E-state index in [1.54, 1.807) is 6.92 Å². The van der Waals surface area contributed by atoms with Gasteiger partial charge in [-0.15, -0.1) is 5.10 Å². The molecule has 0 aromatic carbocycles. The molecule has 1 aromatic heterocycles. The summed E-state index contributed by atoms with van der Waals surface area (Å²) in [5.74, 6) is -0.206. The Hall–Kier alpha value is -1.96. The van der Waals surface area contributed by atoms with Gasteiger partial charge in [0, 0.05) is 13.0 Å². The first-order valence-electron chi connectivity index (χ1n) is 6.01. The van der Waals surface area contributed by atoms with E-state index >= 15 is 0 Å². The highest BCUT2D eigenvalue weighted by atomic mass is 16.5. The van der Waals surface area contributed by atoms with Crippen molar-refractivity contribution in [2.75, 3.05) is 32.6 Å². The Balaban J connectivity index is 2.42. The Labute approximate surface area is 111 Å². The first-order chi connectivity index (χ1) is 9.01. The molecule has 8 heteroatoms. The summed E-state index contributed by atoms with van der Waals surface area (Å²) in [4.78, 5) is 24.7. The lowest BCUT2D eigenvalue weighted by molar-refractivity contribution is -0.144. The van der Waals surface area contributed by atoms with Gasteiger partial charge in [0.1, 0.15) is 6.54 Å². The van der Waals surface area contributed by atoms with E-state index in [0.29, 0.717) is 25.4 Å². The van der Waals surface area contributed by atoms with E-state index in [1.807, 2.05) is 19.0 Å². The topological polar surface area (TPSA) is 89.4 Å². The van der Waals surface area contributed by atoms with E-state index in [9.17, 15) is 9.59 Å². The Morgan fingerprint density at radius 2 is 2.21 bits per heavy atom. The molecule has 0 aliphatic rings. The van der Waals surface area contributed by atoms with Crippen LogP contribution in [0.3, 0.4) is 0 Å². The maximum atomic E-state index is 11.5. The van der Waals surface area contributed by atoms with Gasteiger partial charge < -0.3 is 15.0 Å². The lowest BCUT2D eigenvalue weighted by Crippen LogP contribution is -2.20. The molecule has 0 radical (unpaired) electrons. The predicted molar refractivity (Wildman–Crippen MR) is 68.5 cm³/mol. The maximum absolute atomic E-state index is 11.5. The number of carbonyl (C=O) groups excluding carboxylic acids is 2. The molecule has 0 aliphatic heterocycles. The minimum Gasteiger partial charge on any atom is -0.465 e. The highest BCUT2D eigenvalue weighted by molar-refractivity contribution is 5.89. The maximum Gasteiger partial charge on any atom is 0.327 e. The van der Waals surface area contributed by atoms with Gasteiger partial charge >= 0.3 is 5.97 Å². The van der Waals surface area contributed by atoms with Gasteiger partial charge in [0.05, 0.1) is 12.8 Å². The summed E-state index contributed by atoms with van der Waals surface area (Å²) < 4.78 is 6.10. The minimum atomic E-state index is -0.391. The van der Waals surface area contributed by atoms with Gasteiger partial charge in [0.15, 0.2) is 5.82 Å². The summed E-state index contributed by atoms with van der Waals surface area (Å²) in [7, 11) is 3.78. The van der Waals surface area contributed by atoms with Gasteiger partial charge in [0.2, 0.25) is 5.91 Å². The standard InChI is InChI=1S/C11H19N5O3/c1-4-19-11(18)8-16-7-9(13-14-16)12-10(17)5-6-15(2)3/h7H,4-6,8H2,1-3H3,(H,12,17). The molecule has 0 saturated carbocycles. The van der Waals surface area contributed by atoms with Crippen LogP contribution < -0.4 is 5.32 Å². The van der Waals surface area contributed by atoms with E-state index < -0.39 is 5.97 Å². The van der Waals surface area contributed by atoms with Crippen molar-refractivity contribution in [2.45, 2.75) is 19.9 Å². The molecule has 1 heterocycles. The highest BCUT2D eigenvalue weighted by Crippen LogP contribution is 2.01. The van der Waals surface area contributed by atoms with Crippen molar-refractivity contribution in [2.24, 2.45) is 0 Å². The molecule has 106 valence electrons. The number of hydrogen-bond acceptors (Lipinski definition) is 6. The quantitative estimate of drug-likeness (QED) is 0.685. The number of anilines is 1. The normalized spacial score (nSPS) is 10.5. The number of rotatable bonds is 7. The number of ether oxygens (including phenoxy) is 1. The number of hydrogen-bond donors (Lipinski definition) is 1. The van der Waals surface area contributed by atoms with Gasteiger partial charge in [-0.3, -0.25) is 9.59 Å². The average molecular weight is 269 g/mol. The van der Waals surface area contributed by atoms with Crippen molar-refractivity contribution in [3.05, 3.63) is 6.20 Å². The number of nitrogens with one attached hydrogen (secondary N) is 1. The zero-order valence-corrected chi connectivity index (χ0v) is 11.4. The van der Waals surface area contributed by atoms with E-state index in [0.717, 1.165) is 0 Å². The number of nitrogens with zero attached hydrogens (tertiary/aromatic N) is 4. The van der Waals surface area contributed by atoms with Crippen LogP contribution in [-0.2, 0) is 20.9 Å². The SMILES string of the molecule is CCOC(=O)Cn1cc(NC(=O)CCN(C)C)nn1. The lowest BCUT2D eigenvalue weighted by Gasteiger charge is -2.07. The smallest absolute Gasteiger partial charge is 0.327 e. The number of amides is 1. The number of esters is 1. The third kappa shape index (κ3) is 5.96. The molecule has 0 bridgehead atoms. The summed E-state index contributed by atoms with van der Waals surface area (Å²) >= 11 is 0. The molecule has 19 heavy (non-hydrogen) atoms. The lowest BCUT2D eigenvalue weighted by atomic mass is 10.4. The molecule has 0 saturated heterocycles. The minimum absolute atomic E-state index is 0.0194. The molecule has 0 aliphatic carbocycles. The van der Waals surface area contributed by atoms with Crippen LogP contribution in [0, 0.1) is 0 Å². The highest BCUT2D eigenvalue weighted by Gasteiger charge is 2.09. The van der Waals surface area contributed by atoms with Gasteiger partial charge in [-0.2, -0.15) is 0 Å². The Morgan fingerprint density at radius 1 is 1.47 bits per heavy atom. The molecule has 0 unspecified atom stereocenters. The fraction of sp³-hybridized carbons (Fsp3) is 0.636. The summed E-state index contributed by atoms with van der Waals surface area (Å²) in [6.45, 7) is 2.69. The second-order valence-electron chi connectivity index (χ2n) is 4.21. The molecular formula is C11H19N5O3. The zero-order chi connectivity index (χ0) is 14.3. The molecule has 0 spiro atoms. The Bertz CT molecular complexity index is 430. The first-order valence-corrected chi connectivity index (χ1v) is 6.01. The number of aromatic nitrogens is 3. The zero-order valence-electron chi connectivity index (χ0n) is 11.4. The number of carbonyl (C=O) groups is 2. The van der Waals surface area contributed by atoms with Gasteiger partial charge in [-0.1, -0.05) is 5.21 Å². The third-order valence-corrected chi connectivity index (χ3v) is 2.19. The molecule has 1 amide bonds. The van der Waals surface area contributed by atoms with Crippen LogP contribution in [0.4, 0.5) is 5.82 Å². The fourth-order valence-corrected chi connectivity index (χ4v) is 1.30. The van der Waals surface area contributed by atoms with Crippen LogP contribution in [0.2, 0.25) is 0 Å². The van der Waals surface area contributed by atoms with E-state index in [2.05, 4.69) is 15.6 Å². The average Bonchev–Trinajstić information content (AvgIpc) is 2.74. The van der Waals surface area contributed by atoms with Crippen molar-refractivity contribution < 1.29 is 14.3 Å². The Morgan fingerprint density at radius 3 is 2.84 bits per heavy atom. The fourth-order valence-electron chi connectivity index (χ4n) is 1.30. The molecular weight excluding hydrogens is 250 g/mol. The van der Waals surface area contributed by atoms with E-state index in [-0.39, 0.29) is 12.5 Å². The molecule has 0 atom stereocenters. The van der Waals surface area contributed by atoms with Crippen molar-refractivity contribution >= 4 is 17.7 Å². The van der Waals surface area contributed by atoms with Crippen LogP contribution in [0.25, 0.3) is 0 Å². The van der Waals surface area contributed by atoms with Gasteiger partial charge in [-0.05, 0) is 21.0 Å². The van der Waals surface area contributed by atoms with Crippen LogP contribution >= 0.6 is 0 Å². The summed E-state index contributed by atoms with van der Waals surface area (Å²) in [5.41, 5.74) is 0.